The standard InChI is InChI=1S/C22H18O9/c1-25-17-11(8-13-18(20(17)26-2)29-9-28-13)14-15-16(31-19(14)22(24)27-3)10-6-4-5-7-12(10)30-21(15)23/h4-8,14,19H,9H2,1-3H3/t14-,19-/m0/s1. The molecular formula is C22H18O9. The number of carbonyl (C=O) groups is 1. The predicted molar refractivity (Wildman–Crippen MR) is 106 cm³/mol. The first kappa shape index (κ1) is 19.1. The number of ether oxygens (including phenoxy) is 6. The molecule has 0 unspecified atom stereocenters. The van der Waals surface area contributed by atoms with Crippen LogP contribution in [0, 0.1) is 0 Å². The number of rotatable bonds is 4. The average molecular weight is 426 g/mol. The van der Waals surface area contributed by atoms with Gasteiger partial charge in [-0.15, -0.1) is 0 Å². The Morgan fingerprint density at radius 3 is 2.55 bits per heavy atom. The topological polar surface area (TPSA) is 103 Å². The molecule has 2 aliphatic rings. The van der Waals surface area contributed by atoms with Gasteiger partial charge in [0.05, 0.1) is 38.2 Å². The molecule has 9 nitrogen and oxygen atoms in total. The third-order valence-electron chi connectivity index (χ3n) is 5.44. The molecule has 0 N–H and O–H groups in total. The van der Waals surface area contributed by atoms with E-state index in [0.29, 0.717) is 28.0 Å². The third-order valence-corrected chi connectivity index (χ3v) is 5.44. The summed E-state index contributed by atoms with van der Waals surface area (Å²) in [5.41, 5.74) is 0.364. The lowest BCUT2D eigenvalue weighted by Crippen LogP contribution is -2.32. The molecular weight excluding hydrogens is 408 g/mol. The molecule has 160 valence electrons. The van der Waals surface area contributed by atoms with Crippen LogP contribution in [-0.4, -0.2) is 40.2 Å². The van der Waals surface area contributed by atoms with Crippen LogP contribution in [0.3, 0.4) is 0 Å². The van der Waals surface area contributed by atoms with Gasteiger partial charge in [-0.05, 0) is 18.2 Å². The number of methoxy groups -OCH3 is 3. The number of hydrogen-bond acceptors (Lipinski definition) is 9. The van der Waals surface area contributed by atoms with Gasteiger partial charge < -0.3 is 32.8 Å². The molecule has 9 heteroatoms. The highest BCUT2D eigenvalue weighted by atomic mass is 16.7. The number of benzene rings is 2. The molecule has 0 radical (unpaired) electrons. The highest BCUT2D eigenvalue weighted by Crippen LogP contribution is 2.54. The zero-order valence-corrected chi connectivity index (χ0v) is 16.9. The van der Waals surface area contributed by atoms with Crippen LogP contribution in [0.2, 0.25) is 0 Å². The normalized spacial score (nSPS) is 18.4. The lowest BCUT2D eigenvalue weighted by atomic mass is 9.87. The minimum atomic E-state index is -1.15. The Balaban J connectivity index is 1.82. The summed E-state index contributed by atoms with van der Waals surface area (Å²) >= 11 is 0. The monoisotopic (exact) mass is 426 g/mol. The molecule has 2 aromatic carbocycles. The van der Waals surface area contributed by atoms with Gasteiger partial charge in [0.1, 0.15) is 11.3 Å². The molecule has 3 aromatic rings. The number of carbonyl (C=O) groups excluding carboxylic acids is 1. The molecule has 1 aromatic heterocycles. The largest absolute Gasteiger partial charge is 0.492 e. The highest BCUT2D eigenvalue weighted by molar-refractivity contribution is 5.89. The second-order valence-electron chi connectivity index (χ2n) is 6.93. The van der Waals surface area contributed by atoms with Crippen LogP contribution in [0.1, 0.15) is 17.0 Å². The van der Waals surface area contributed by atoms with Crippen LogP contribution >= 0.6 is 0 Å². The number of hydrogen-bond donors (Lipinski definition) is 0. The van der Waals surface area contributed by atoms with Crippen molar-refractivity contribution in [3.8, 4) is 28.7 Å². The Kier molecular flexibility index (Phi) is 4.39. The van der Waals surface area contributed by atoms with Gasteiger partial charge >= 0.3 is 11.6 Å². The van der Waals surface area contributed by atoms with E-state index in [1.54, 1.807) is 30.3 Å². The molecule has 0 aliphatic carbocycles. The van der Waals surface area contributed by atoms with Gasteiger partial charge in [0.2, 0.25) is 24.4 Å². The van der Waals surface area contributed by atoms with Gasteiger partial charge in [-0.3, -0.25) is 0 Å². The van der Waals surface area contributed by atoms with E-state index in [1.165, 1.54) is 21.3 Å². The zero-order chi connectivity index (χ0) is 21.7. The second kappa shape index (κ2) is 7.12. The van der Waals surface area contributed by atoms with Crippen molar-refractivity contribution in [1.82, 2.24) is 0 Å². The molecule has 2 atom stereocenters. The molecule has 0 saturated heterocycles. The molecule has 2 aliphatic heterocycles. The van der Waals surface area contributed by atoms with E-state index in [0.717, 1.165) is 0 Å². The fourth-order valence-corrected chi connectivity index (χ4v) is 4.14. The van der Waals surface area contributed by atoms with E-state index in [4.69, 9.17) is 32.8 Å². The summed E-state index contributed by atoms with van der Waals surface area (Å²) in [5, 5.41) is 0.570. The Labute approximate surface area is 176 Å². The first-order chi connectivity index (χ1) is 15.1. The molecule has 31 heavy (non-hydrogen) atoms. The molecule has 0 spiro atoms. The van der Waals surface area contributed by atoms with Gasteiger partial charge in [0.15, 0.2) is 11.5 Å². The van der Waals surface area contributed by atoms with Crippen molar-refractivity contribution in [3.63, 3.8) is 0 Å². The zero-order valence-electron chi connectivity index (χ0n) is 16.9. The lowest BCUT2D eigenvalue weighted by Gasteiger charge is -2.21. The summed E-state index contributed by atoms with van der Waals surface area (Å²) in [4.78, 5) is 25.7. The quantitative estimate of drug-likeness (QED) is 0.460. The van der Waals surface area contributed by atoms with E-state index >= 15 is 0 Å². The third kappa shape index (κ3) is 2.69. The van der Waals surface area contributed by atoms with E-state index in [9.17, 15) is 9.59 Å². The first-order valence-corrected chi connectivity index (χ1v) is 9.43. The maximum Gasteiger partial charge on any atom is 0.348 e. The fourth-order valence-electron chi connectivity index (χ4n) is 4.14. The van der Waals surface area contributed by atoms with E-state index < -0.39 is 23.6 Å². The summed E-state index contributed by atoms with van der Waals surface area (Å²) in [5.74, 6) is 0.0812. The van der Waals surface area contributed by atoms with Crippen LogP contribution in [0.5, 0.6) is 28.7 Å². The molecule has 0 fully saturated rings. The molecule has 0 amide bonds. The Morgan fingerprint density at radius 1 is 1.03 bits per heavy atom. The van der Waals surface area contributed by atoms with Crippen LogP contribution in [0.4, 0.5) is 0 Å². The van der Waals surface area contributed by atoms with E-state index in [-0.39, 0.29) is 29.6 Å². The van der Waals surface area contributed by atoms with Gasteiger partial charge in [0.25, 0.3) is 0 Å². The van der Waals surface area contributed by atoms with Crippen molar-refractivity contribution < 1.29 is 37.6 Å². The van der Waals surface area contributed by atoms with Crippen molar-refractivity contribution in [3.05, 3.63) is 51.9 Å². The minimum absolute atomic E-state index is 0.00324. The lowest BCUT2D eigenvalue weighted by molar-refractivity contribution is -0.148. The maximum absolute atomic E-state index is 13.0. The van der Waals surface area contributed by atoms with E-state index in [1.807, 2.05) is 0 Å². The Bertz CT molecular complexity index is 1260. The predicted octanol–water partition coefficient (Wildman–Crippen LogP) is 2.60. The Hall–Kier alpha value is -3.88. The number of para-hydroxylation sites is 1. The van der Waals surface area contributed by atoms with Gasteiger partial charge in [-0.1, -0.05) is 12.1 Å². The van der Waals surface area contributed by atoms with Gasteiger partial charge in [0, 0.05) is 5.56 Å². The molecule has 0 bridgehead atoms. The van der Waals surface area contributed by atoms with Crippen LogP contribution in [0.25, 0.3) is 11.0 Å². The first-order valence-electron chi connectivity index (χ1n) is 9.43. The molecule has 0 saturated carbocycles. The minimum Gasteiger partial charge on any atom is -0.492 e. The fraction of sp³-hybridized carbons (Fsp3) is 0.273. The molecule has 5 rings (SSSR count). The summed E-state index contributed by atoms with van der Waals surface area (Å²) in [6.45, 7) is 0.00324. The summed E-state index contributed by atoms with van der Waals surface area (Å²) < 4.78 is 38.6. The van der Waals surface area contributed by atoms with Crippen LogP contribution < -0.4 is 29.3 Å². The SMILES string of the molecule is COC(=O)[C@H]1Oc2c(c(=O)oc3ccccc23)[C@@H]1c1cc2c(c(OC)c1OC)OCO2. The molecule has 3 heterocycles. The Morgan fingerprint density at radius 2 is 1.81 bits per heavy atom. The van der Waals surface area contributed by atoms with Crippen molar-refractivity contribution in [1.29, 1.82) is 0 Å². The van der Waals surface area contributed by atoms with Gasteiger partial charge in [-0.25, -0.2) is 9.59 Å². The van der Waals surface area contributed by atoms with Crippen molar-refractivity contribution in [2.24, 2.45) is 0 Å². The second-order valence-corrected chi connectivity index (χ2v) is 6.93. The van der Waals surface area contributed by atoms with Crippen molar-refractivity contribution in [2.75, 3.05) is 28.1 Å². The summed E-state index contributed by atoms with van der Waals surface area (Å²) in [7, 11) is 4.17. The summed E-state index contributed by atoms with van der Waals surface area (Å²) in [6, 6.07) is 8.60. The highest BCUT2D eigenvalue weighted by Gasteiger charge is 2.47. The van der Waals surface area contributed by atoms with Crippen LogP contribution in [-0.2, 0) is 9.53 Å². The van der Waals surface area contributed by atoms with Crippen LogP contribution in [0.15, 0.2) is 39.5 Å². The average Bonchev–Trinajstić information content (AvgIpc) is 3.42. The van der Waals surface area contributed by atoms with Gasteiger partial charge in [-0.2, -0.15) is 0 Å². The summed E-state index contributed by atoms with van der Waals surface area (Å²) in [6.07, 6.45) is -1.15. The van der Waals surface area contributed by atoms with Crippen molar-refractivity contribution in [2.45, 2.75) is 12.0 Å². The maximum atomic E-state index is 13.0. The van der Waals surface area contributed by atoms with E-state index in [2.05, 4.69) is 0 Å². The number of esters is 1. The smallest absolute Gasteiger partial charge is 0.348 e. The van der Waals surface area contributed by atoms with Crippen molar-refractivity contribution >= 4 is 16.9 Å². The number of fused-ring (bicyclic) bond motifs is 4.